The van der Waals surface area contributed by atoms with Gasteiger partial charge in [0.2, 0.25) is 0 Å². The summed E-state index contributed by atoms with van der Waals surface area (Å²) < 4.78 is 2.65. The largest absolute Gasteiger partial charge is 0.480 e. The summed E-state index contributed by atoms with van der Waals surface area (Å²) in [5, 5.41) is 9.07. The quantitative estimate of drug-likeness (QED) is 0.862. The van der Waals surface area contributed by atoms with Crippen LogP contribution in [0.15, 0.2) is 16.7 Å². The lowest BCUT2D eigenvalue weighted by Crippen LogP contribution is -2.50. The Morgan fingerprint density at radius 2 is 2.26 bits per heavy atom. The van der Waals surface area contributed by atoms with Crippen LogP contribution in [0, 0.1) is 0 Å². The second-order valence-electron chi connectivity index (χ2n) is 4.77. The lowest BCUT2D eigenvalue weighted by atomic mass is 10.0. The Hall–Kier alpha value is -1.34. The fraction of sp³-hybridized carbons (Fsp3) is 0.500. The van der Waals surface area contributed by atoms with Crippen molar-refractivity contribution in [3.63, 3.8) is 0 Å². The Bertz CT molecular complexity index is 528. The monoisotopic (exact) mass is 329 g/mol. The van der Waals surface area contributed by atoms with Crippen molar-refractivity contribution in [3.05, 3.63) is 22.4 Å². The number of carboxylic acids is 1. The minimum atomic E-state index is -1.32. The highest BCUT2D eigenvalue weighted by Crippen LogP contribution is 2.23. The number of aliphatic carboxylic acids is 1. The topological polar surface area (TPSA) is 88.6 Å². The van der Waals surface area contributed by atoms with Crippen molar-refractivity contribution in [3.8, 4) is 0 Å². The summed E-state index contributed by atoms with van der Waals surface area (Å²) in [6.07, 6.45) is 2.11. The van der Waals surface area contributed by atoms with Crippen molar-refractivity contribution in [1.82, 2.24) is 9.47 Å². The lowest BCUT2D eigenvalue weighted by Gasteiger charge is -2.20. The summed E-state index contributed by atoms with van der Waals surface area (Å²) in [6, 6.07) is 1.74. The maximum atomic E-state index is 12.4. The number of hydrogen-bond acceptors (Lipinski definition) is 3. The van der Waals surface area contributed by atoms with E-state index in [9.17, 15) is 9.59 Å². The summed E-state index contributed by atoms with van der Waals surface area (Å²) in [7, 11) is 0. The zero-order chi connectivity index (χ0) is 14.2. The fourth-order valence-corrected chi connectivity index (χ4v) is 2.72. The minimum Gasteiger partial charge on any atom is -0.480 e. The number of rotatable bonds is 3. The molecule has 1 aliphatic rings. The van der Waals surface area contributed by atoms with Gasteiger partial charge in [-0.15, -0.1) is 0 Å². The Morgan fingerprint density at radius 3 is 2.79 bits per heavy atom. The predicted molar refractivity (Wildman–Crippen MR) is 72.9 cm³/mol. The molecule has 1 aromatic rings. The molecule has 0 aliphatic carbocycles. The van der Waals surface area contributed by atoms with E-state index in [1.165, 1.54) is 4.90 Å². The number of likely N-dealkylation sites (tertiary alicyclic amines) is 1. The number of amides is 1. The van der Waals surface area contributed by atoms with Crippen LogP contribution in [0.4, 0.5) is 0 Å². The second-order valence-corrected chi connectivity index (χ2v) is 5.68. The first-order valence-electron chi connectivity index (χ1n) is 6.04. The van der Waals surface area contributed by atoms with E-state index in [1.54, 1.807) is 6.07 Å². The van der Waals surface area contributed by atoms with Gasteiger partial charge in [0.15, 0.2) is 0 Å². The third-order valence-corrected chi connectivity index (χ3v) is 3.87. The number of carbonyl (C=O) groups is 2. The van der Waals surface area contributed by atoms with E-state index in [0.29, 0.717) is 18.8 Å². The predicted octanol–water partition coefficient (Wildman–Crippen LogP) is 0.898. The molecule has 1 atom stereocenters. The molecule has 1 aromatic heterocycles. The molecule has 2 rings (SSSR count). The Balaban J connectivity index is 2.20. The smallest absolute Gasteiger partial charge is 0.325 e. The molecule has 0 aromatic carbocycles. The van der Waals surface area contributed by atoms with E-state index in [2.05, 4.69) is 15.9 Å². The fourth-order valence-electron chi connectivity index (χ4n) is 2.26. The van der Waals surface area contributed by atoms with Crippen molar-refractivity contribution >= 4 is 27.8 Å². The molecule has 3 N–H and O–H groups in total. The van der Waals surface area contributed by atoms with Crippen LogP contribution in [0.25, 0.3) is 0 Å². The molecule has 2 heterocycles. The molecule has 1 unspecified atom stereocenters. The van der Waals surface area contributed by atoms with Crippen molar-refractivity contribution in [2.75, 3.05) is 13.1 Å². The van der Waals surface area contributed by atoms with Crippen molar-refractivity contribution in [1.29, 1.82) is 0 Å². The van der Waals surface area contributed by atoms with E-state index < -0.39 is 11.5 Å². The van der Waals surface area contributed by atoms with Crippen LogP contribution in [-0.2, 0) is 11.3 Å². The number of aromatic nitrogens is 1. The SMILES string of the molecule is CCn1cc(Br)cc1C(=O)N1CCC(N)(C(=O)O)C1. The van der Waals surface area contributed by atoms with Crippen LogP contribution < -0.4 is 5.73 Å². The zero-order valence-corrected chi connectivity index (χ0v) is 12.2. The Labute approximate surface area is 119 Å². The molecule has 0 bridgehead atoms. The van der Waals surface area contributed by atoms with Gasteiger partial charge in [0.05, 0.1) is 0 Å². The zero-order valence-electron chi connectivity index (χ0n) is 10.6. The molecule has 0 radical (unpaired) electrons. The molecule has 0 saturated carbocycles. The molecule has 1 fully saturated rings. The normalized spacial score (nSPS) is 22.8. The number of halogens is 1. The first kappa shape index (κ1) is 14.1. The van der Waals surface area contributed by atoms with Gasteiger partial charge in [0, 0.05) is 30.3 Å². The average Bonchev–Trinajstić information content (AvgIpc) is 2.93. The maximum Gasteiger partial charge on any atom is 0.325 e. The molecule has 6 nitrogen and oxygen atoms in total. The van der Waals surface area contributed by atoms with Gasteiger partial charge in [0.1, 0.15) is 11.2 Å². The highest BCUT2D eigenvalue weighted by Gasteiger charge is 2.43. The van der Waals surface area contributed by atoms with Crippen molar-refractivity contribution in [2.24, 2.45) is 5.73 Å². The summed E-state index contributed by atoms with van der Waals surface area (Å²) >= 11 is 3.34. The van der Waals surface area contributed by atoms with Crippen LogP contribution in [0.1, 0.15) is 23.8 Å². The maximum absolute atomic E-state index is 12.4. The van der Waals surface area contributed by atoms with Crippen LogP contribution in [0.2, 0.25) is 0 Å². The van der Waals surface area contributed by atoms with Gasteiger partial charge in [0.25, 0.3) is 5.91 Å². The molecule has 0 spiro atoms. The van der Waals surface area contributed by atoms with Crippen LogP contribution in [0.5, 0.6) is 0 Å². The van der Waals surface area contributed by atoms with Gasteiger partial charge in [-0.1, -0.05) is 0 Å². The van der Waals surface area contributed by atoms with Gasteiger partial charge in [-0.25, -0.2) is 0 Å². The number of carbonyl (C=O) groups excluding carboxylic acids is 1. The lowest BCUT2D eigenvalue weighted by molar-refractivity contribution is -0.142. The van der Waals surface area contributed by atoms with E-state index in [0.717, 1.165) is 4.47 Å². The third-order valence-electron chi connectivity index (χ3n) is 3.44. The van der Waals surface area contributed by atoms with Crippen LogP contribution >= 0.6 is 15.9 Å². The summed E-state index contributed by atoms with van der Waals surface area (Å²) in [5.41, 5.74) is 5.00. The van der Waals surface area contributed by atoms with E-state index >= 15 is 0 Å². The minimum absolute atomic E-state index is 0.0493. The van der Waals surface area contributed by atoms with E-state index in [-0.39, 0.29) is 18.9 Å². The number of carboxylic acid groups (broad SMARTS) is 1. The molecule has 1 saturated heterocycles. The van der Waals surface area contributed by atoms with E-state index in [4.69, 9.17) is 10.8 Å². The summed E-state index contributed by atoms with van der Waals surface area (Å²) in [5.74, 6) is -1.24. The van der Waals surface area contributed by atoms with Crippen molar-refractivity contribution < 1.29 is 14.7 Å². The first-order valence-corrected chi connectivity index (χ1v) is 6.84. The standard InChI is InChI=1S/C12H16BrN3O3/c1-2-15-6-8(13)5-9(15)10(17)16-4-3-12(14,7-16)11(18)19/h5-6H,2-4,7,14H2,1H3,(H,18,19). The second kappa shape index (κ2) is 4.97. The highest BCUT2D eigenvalue weighted by atomic mass is 79.9. The number of hydrogen-bond donors (Lipinski definition) is 2. The first-order chi connectivity index (χ1) is 8.87. The van der Waals surface area contributed by atoms with Crippen LogP contribution in [-0.4, -0.2) is 45.1 Å². The van der Waals surface area contributed by atoms with Crippen LogP contribution in [0.3, 0.4) is 0 Å². The average molecular weight is 330 g/mol. The highest BCUT2D eigenvalue weighted by molar-refractivity contribution is 9.10. The third kappa shape index (κ3) is 2.52. The van der Waals surface area contributed by atoms with Gasteiger partial charge >= 0.3 is 5.97 Å². The number of nitrogens with two attached hydrogens (primary N) is 1. The molecule has 7 heteroatoms. The molecule has 1 aliphatic heterocycles. The molecular formula is C12H16BrN3O3. The molecule has 1 amide bonds. The Morgan fingerprint density at radius 1 is 1.58 bits per heavy atom. The molecule has 19 heavy (non-hydrogen) atoms. The summed E-state index contributed by atoms with van der Waals surface area (Å²) in [6.45, 7) is 3.03. The Kier molecular flexibility index (Phi) is 3.69. The van der Waals surface area contributed by atoms with Gasteiger partial charge in [-0.2, -0.15) is 0 Å². The molecular weight excluding hydrogens is 314 g/mol. The summed E-state index contributed by atoms with van der Waals surface area (Å²) in [4.78, 5) is 25.0. The molecule has 104 valence electrons. The number of aryl methyl sites for hydroxylation is 1. The van der Waals surface area contributed by atoms with E-state index in [1.807, 2.05) is 17.7 Å². The van der Waals surface area contributed by atoms with Gasteiger partial charge < -0.3 is 20.3 Å². The van der Waals surface area contributed by atoms with Gasteiger partial charge in [-0.3, -0.25) is 9.59 Å². The van der Waals surface area contributed by atoms with Crippen molar-refractivity contribution in [2.45, 2.75) is 25.4 Å². The number of nitrogens with zero attached hydrogens (tertiary/aromatic N) is 2. The van der Waals surface area contributed by atoms with Gasteiger partial charge in [-0.05, 0) is 35.3 Å².